The topological polar surface area (TPSA) is 106 Å². The molecule has 0 aliphatic rings. The number of carbonyl (C=O) groups is 1. The van der Waals surface area contributed by atoms with E-state index < -0.39 is 0 Å². The van der Waals surface area contributed by atoms with Crippen molar-refractivity contribution in [1.29, 1.82) is 0 Å². The Hall–Kier alpha value is -4.37. The molecule has 1 amide bonds. The maximum Gasteiger partial charge on any atom is 0.342 e. The predicted octanol–water partition coefficient (Wildman–Crippen LogP) is 3.71. The first-order chi connectivity index (χ1) is 18.0. The van der Waals surface area contributed by atoms with Gasteiger partial charge in [0.1, 0.15) is 11.4 Å². The fourth-order valence-electron chi connectivity index (χ4n) is 3.63. The first-order valence-electron chi connectivity index (χ1n) is 11.6. The zero-order chi connectivity index (χ0) is 26.2. The van der Waals surface area contributed by atoms with Gasteiger partial charge in [-0.05, 0) is 67.1 Å². The van der Waals surface area contributed by atoms with E-state index in [0.29, 0.717) is 22.7 Å². The lowest BCUT2D eigenvalue weighted by atomic mass is 10.1. The Balaban J connectivity index is 1.50. The van der Waals surface area contributed by atoms with Gasteiger partial charge in [-0.1, -0.05) is 53.3 Å². The van der Waals surface area contributed by atoms with Crippen LogP contribution in [-0.4, -0.2) is 35.2 Å². The zero-order valence-electron chi connectivity index (χ0n) is 20.6. The number of thioether (sulfide) groups is 1. The molecule has 0 radical (unpaired) electrons. The summed E-state index contributed by atoms with van der Waals surface area (Å²) in [7, 11) is 1.62. The number of aromatic amines is 1. The fraction of sp³-hybridized carbons (Fsp3) is 0.143. The van der Waals surface area contributed by atoms with E-state index in [1.807, 2.05) is 60.0 Å². The number of hydrazone groups is 1. The average molecular weight is 514 g/mol. The van der Waals surface area contributed by atoms with E-state index in [9.17, 15) is 9.90 Å². The van der Waals surface area contributed by atoms with Crippen LogP contribution in [0.4, 0.5) is 0 Å². The molecule has 8 nitrogen and oxygen atoms in total. The number of amides is 1. The molecule has 0 fully saturated rings. The van der Waals surface area contributed by atoms with Crippen LogP contribution in [0, 0.1) is 6.92 Å². The van der Waals surface area contributed by atoms with Gasteiger partial charge in [-0.15, -0.1) is 11.7 Å². The molecule has 4 rings (SSSR count). The zero-order valence-corrected chi connectivity index (χ0v) is 21.4. The van der Waals surface area contributed by atoms with Crippen LogP contribution in [0.1, 0.15) is 16.7 Å². The second-order valence-corrected chi connectivity index (χ2v) is 9.11. The van der Waals surface area contributed by atoms with Crippen molar-refractivity contribution in [3.8, 4) is 28.6 Å². The van der Waals surface area contributed by atoms with Crippen molar-refractivity contribution in [3.63, 3.8) is 0 Å². The number of hydrogen-bond acceptors (Lipinski definition) is 6. The fourth-order valence-corrected chi connectivity index (χ4v) is 4.39. The van der Waals surface area contributed by atoms with E-state index in [-0.39, 0.29) is 17.4 Å². The Labute approximate surface area is 219 Å². The van der Waals surface area contributed by atoms with Crippen molar-refractivity contribution < 1.29 is 19.2 Å². The lowest BCUT2D eigenvalue weighted by molar-refractivity contribution is -0.625. The summed E-state index contributed by atoms with van der Waals surface area (Å²) in [5, 5.41) is 24.6. The first-order valence-corrected chi connectivity index (χ1v) is 12.5. The van der Waals surface area contributed by atoms with E-state index in [4.69, 9.17) is 4.74 Å². The summed E-state index contributed by atoms with van der Waals surface area (Å²) in [6, 6.07) is 20.9. The largest absolute Gasteiger partial charge is 0.872 e. The van der Waals surface area contributed by atoms with Gasteiger partial charge in [-0.2, -0.15) is 9.67 Å². The molecular weight excluding hydrogens is 486 g/mol. The Bertz CT molecular complexity index is 1410. The molecule has 0 spiro atoms. The van der Waals surface area contributed by atoms with Gasteiger partial charge in [0, 0.05) is 0 Å². The highest BCUT2D eigenvalue weighted by Gasteiger charge is 2.24. The molecule has 9 heteroatoms. The van der Waals surface area contributed by atoms with Crippen molar-refractivity contribution in [2.75, 3.05) is 12.9 Å². The summed E-state index contributed by atoms with van der Waals surface area (Å²) in [6.45, 7) is 5.70. The van der Waals surface area contributed by atoms with E-state index >= 15 is 0 Å². The van der Waals surface area contributed by atoms with Crippen LogP contribution in [-0.2, 0) is 11.2 Å². The molecule has 0 aliphatic heterocycles. The minimum atomic E-state index is -0.322. The van der Waals surface area contributed by atoms with Crippen molar-refractivity contribution in [2.45, 2.75) is 18.5 Å². The molecule has 0 bridgehead atoms. The van der Waals surface area contributed by atoms with Crippen LogP contribution < -0.4 is 19.8 Å². The molecule has 0 aliphatic carbocycles. The lowest BCUT2D eigenvalue weighted by Crippen LogP contribution is -2.34. The van der Waals surface area contributed by atoms with Crippen LogP contribution in [0.5, 0.6) is 11.5 Å². The van der Waals surface area contributed by atoms with Crippen LogP contribution in [0.2, 0.25) is 0 Å². The number of para-hydroxylation sites is 1. The maximum absolute atomic E-state index is 12.5. The molecular formula is C28H27N5O3S. The summed E-state index contributed by atoms with van der Waals surface area (Å²) >= 11 is 1.27. The minimum absolute atomic E-state index is 0.0758. The molecule has 4 aromatic rings. The van der Waals surface area contributed by atoms with Crippen molar-refractivity contribution in [2.24, 2.45) is 5.10 Å². The van der Waals surface area contributed by atoms with Gasteiger partial charge in [0.25, 0.3) is 11.7 Å². The highest BCUT2D eigenvalue weighted by molar-refractivity contribution is 7.99. The van der Waals surface area contributed by atoms with E-state index in [1.165, 1.54) is 18.0 Å². The average Bonchev–Trinajstić information content (AvgIpc) is 3.34. The molecule has 2 N–H and O–H groups in total. The number of ether oxygens (including phenoxy) is 1. The Morgan fingerprint density at radius 1 is 1.19 bits per heavy atom. The van der Waals surface area contributed by atoms with Gasteiger partial charge in [0.15, 0.2) is 0 Å². The number of aryl methyl sites for hydroxylation is 1. The standard InChI is InChI=1S/C28H27N5O3S/c1-4-6-20-7-5-8-22(26(20)35)17-29-30-25(34)18-37-28-32-31-27(21-11-9-19(2)10-12-21)33(28)23-13-15-24(36-3)16-14-23/h4-5,7-17H,1,6,18H2,2-3H3,(H2,29,30,34,35). The number of nitrogens with zero attached hydrogens (tertiary/aromatic N) is 3. The quantitative estimate of drug-likeness (QED) is 0.111. The lowest BCUT2D eigenvalue weighted by Gasteiger charge is -2.15. The van der Waals surface area contributed by atoms with Gasteiger partial charge >= 0.3 is 5.16 Å². The second kappa shape index (κ2) is 12.0. The van der Waals surface area contributed by atoms with E-state index in [1.54, 1.807) is 31.4 Å². The van der Waals surface area contributed by atoms with Gasteiger partial charge in [0.2, 0.25) is 0 Å². The van der Waals surface area contributed by atoms with Crippen molar-refractivity contribution in [1.82, 2.24) is 15.6 Å². The molecule has 0 saturated heterocycles. The van der Waals surface area contributed by atoms with Gasteiger partial charge in [-0.3, -0.25) is 4.79 Å². The van der Waals surface area contributed by atoms with Crippen molar-refractivity contribution >= 4 is 23.9 Å². The van der Waals surface area contributed by atoms with Crippen LogP contribution in [0.15, 0.2) is 89.6 Å². The smallest absolute Gasteiger partial charge is 0.342 e. The number of methoxy groups -OCH3 is 1. The summed E-state index contributed by atoms with van der Waals surface area (Å²) in [4.78, 5) is 12.5. The summed E-state index contributed by atoms with van der Waals surface area (Å²) < 4.78 is 7.25. The van der Waals surface area contributed by atoms with Gasteiger partial charge in [0.05, 0.1) is 29.7 Å². The molecule has 1 aromatic heterocycles. The molecule has 0 saturated carbocycles. The van der Waals surface area contributed by atoms with Crippen LogP contribution in [0.3, 0.4) is 0 Å². The first kappa shape index (κ1) is 25.7. The number of aromatic nitrogens is 3. The number of carbonyl (C=O) groups excluding carboxylic acids is 1. The number of H-pyrrole nitrogens is 1. The maximum atomic E-state index is 12.5. The number of rotatable bonds is 10. The second-order valence-electron chi connectivity index (χ2n) is 8.16. The van der Waals surface area contributed by atoms with Crippen LogP contribution >= 0.6 is 11.8 Å². The third-order valence-corrected chi connectivity index (χ3v) is 6.48. The normalized spacial score (nSPS) is 11.0. The Morgan fingerprint density at radius 3 is 2.65 bits per heavy atom. The predicted molar refractivity (Wildman–Crippen MR) is 143 cm³/mol. The molecule has 3 aromatic carbocycles. The molecule has 0 atom stereocenters. The van der Waals surface area contributed by atoms with Crippen molar-refractivity contribution in [3.05, 3.63) is 96.1 Å². The van der Waals surface area contributed by atoms with E-state index in [2.05, 4.69) is 27.3 Å². The Kier molecular flexibility index (Phi) is 8.37. The number of hydrogen-bond donors (Lipinski definition) is 2. The number of allylic oxidation sites excluding steroid dienone is 1. The highest BCUT2D eigenvalue weighted by Crippen LogP contribution is 2.22. The SMILES string of the molecule is C=CCc1cccc(C=NNC(=O)CSc2n[nH]c(-c3ccc(C)cc3)[n+]2-c2ccc(OC)cc2)c1[O-]. The number of nitrogens with one attached hydrogen (secondary N) is 2. The molecule has 37 heavy (non-hydrogen) atoms. The summed E-state index contributed by atoms with van der Waals surface area (Å²) in [5.74, 6) is 1.15. The summed E-state index contributed by atoms with van der Waals surface area (Å²) in [6.07, 6.45) is 3.51. The molecule has 1 heterocycles. The third-order valence-electron chi connectivity index (χ3n) is 5.54. The van der Waals surface area contributed by atoms with Gasteiger partial charge in [-0.25, -0.2) is 5.43 Å². The monoisotopic (exact) mass is 513 g/mol. The number of benzene rings is 3. The third kappa shape index (κ3) is 6.25. The van der Waals surface area contributed by atoms with Gasteiger partial charge < -0.3 is 9.84 Å². The minimum Gasteiger partial charge on any atom is -0.872 e. The van der Waals surface area contributed by atoms with E-state index in [0.717, 1.165) is 28.4 Å². The molecule has 0 unspecified atom stereocenters. The highest BCUT2D eigenvalue weighted by atomic mass is 32.2. The van der Waals surface area contributed by atoms with Crippen LogP contribution in [0.25, 0.3) is 17.1 Å². The Morgan fingerprint density at radius 2 is 1.95 bits per heavy atom. The molecule has 188 valence electrons. The summed E-state index contributed by atoms with van der Waals surface area (Å²) in [5.41, 5.74) is 6.50.